The first-order chi connectivity index (χ1) is 10.8. The Kier molecular flexibility index (Phi) is 5.19. The second-order valence-corrected chi connectivity index (χ2v) is 6.99. The first-order valence-electron chi connectivity index (χ1n) is 8.22. The lowest BCUT2D eigenvalue weighted by atomic mass is 9.93. The van der Waals surface area contributed by atoms with Crippen molar-refractivity contribution in [3.05, 3.63) is 24.3 Å². The summed E-state index contributed by atoms with van der Waals surface area (Å²) in [6, 6.07) is 7.28. The van der Waals surface area contributed by atoms with Gasteiger partial charge in [0, 0.05) is 5.69 Å². The molecule has 0 heterocycles. The summed E-state index contributed by atoms with van der Waals surface area (Å²) >= 11 is 0. The molecule has 0 unspecified atom stereocenters. The molecule has 1 fully saturated rings. The number of rotatable bonds is 6. The van der Waals surface area contributed by atoms with Gasteiger partial charge in [0.05, 0.1) is 18.8 Å². The number of ether oxygens (including phenoxy) is 1. The Labute approximate surface area is 138 Å². The van der Waals surface area contributed by atoms with Gasteiger partial charge in [-0.3, -0.25) is 4.79 Å². The predicted octanol–water partition coefficient (Wildman–Crippen LogP) is 2.70. The number of anilines is 1. The number of methoxy groups -OCH3 is 1. The van der Waals surface area contributed by atoms with Crippen molar-refractivity contribution in [3.8, 4) is 5.75 Å². The van der Waals surface area contributed by atoms with Gasteiger partial charge in [-0.2, -0.15) is 0 Å². The maximum absolute atomic E-state index is 12.8. The smallest absolute Gasteiger partial charge is 0.245 e. The Morgan fingerprint density at radius 3 is 2.30 bits per heavy atom. The highest BCUT2D eigenvalue weighted by Crippen LogP contribution is 2.34. The molecule has 5 nitrogen and oxygen atoms in total. The van der Waals surface area contributed by atoms with Crippen molar-refractivity contribution < 1.29 is 14.6 Å². The predicted molar refractivity (Wildman–Crippen MR) is 91.7 cm³/mol. The minimum Gasteiger partial charge on any atom is -0.497 e. The second kappa shape index (κ2) is 6.79. The van der Waals surface area contributed by atoms with Crippen LogP contribution in [0.15, 0.2) is 24.3 Å². The van der Waals surface area contributed by atoms with E-state index in [4.69, 9.17) is 4.74 Å². The number of benzene rings is 1. The Morgan fingerprint density at radius 2 is 1.83 bits per heavy atom. The summed E-state index contributed by atoms with van der Waals surface area (Å²) in [6.45, 7) is 5.24. The average molecular weight is 320 g/mol. The largest absolute Gasteiger partial charge is 0.497 e. The molecule has 1 aliphatic rings. The van der Waals surface area contributed by atoms with E-state index in [0.29, 0.717) is 0 Å². The second-order valence-electron chi connectivity index (χ2n) is 6.99. The lowest BCUT2D eigenvalue weighted by Gasteiger charge is -2.34. The van der Waals surface area contributed by atoms with Crippen molar-refractivity contribution in [2.24, 2.45) is 0 Å². The van der Waals surface area contributed by atoms with Crippen molar-refractivity contribution in [3.63, 3.8) is 0 Å². The third kappa shape index (κ3) is 4.16. The molecule has 2 rings (SSSR count). The first-order valence-corrected chi connectivity index (χ1v) is 8.22. The van der Waals surface area contributed by atoms with Crippen LogP contribution in [0.25, 0.3) is 0 Å². The summed E-state index contributed by atoms with van der Waals surface area (Å²) < 4.78 is 5.17. The summed E-state index contributed by atoms with van der Waals surface area (Å²) in [4.78, 5) is 12.8. The van der Waals surface area contributed by atoms with Gasteiger partial charge in [0.2, 0.25) is 5.91 Å². The molecule has 0 saturated heterocycles. The van der Waals surface area contributed by atoms with Crippen LogP contribution < -0.4 is 15.4 Å². The van der Waals surface area contributed by atoms with E-state index in [1.54, 1.807) is 21.0 Å². The zero-order valence-electron chi connectivity index (χ0n) is 14.5. The first kappa shape index (κ1) is 17.6. The Balaban J connectivity index is 2.13. The molecule has 23 heavy (non-hydrogen) atoms. The van der Waals surface area contributed by atoms with Crippen LogP contribution in [0.2, 0.25) is 0 Å². The minimum atomic E-state index is -0.949. The molecule has 1 aromatic carbocycles. The monoisotopic (exact) mass is 320 g/mol. The Bertz CT molecular complexity index is 528. The fraction of sp³-hybridized carbons (Fsp3) is 0.611. The van der Waals surface area contributed by atoms with Crippen LogP contribution in [0.1, 0.15) is 46.5 Å². The van der Waals surface area contributed by atoms with Crippen molar-refractivity contribution in [1.82, 2.24) is 5.32 Å². The van der Waals surface area contributed by atoms with Crippen LogP contribution in [-0.4, -0.2) is 35.3 Å². The molecule has 1 aliphatic carbocycles. The fourth-order valence-corrected chi connectivity index (χ4v) is 2.85. The molecule has 1 aromatic rings. The van der Waals surface area contributed by atoms with Crippen LogP contribution >= 0.6 is 0 Å². The third-order valence-electron chi connectivity index (χ3n) is 4.77. The standard InChI is InChI=1S/C18H28N2O3/c1-13(17(2,3)22)19-16(21)18(11-5-6-12-18)20-14-7-9-15(23-4)10-8-14/h7-10,13,20,22H,5-6,11-12H2,1-4H3,(H,19,21)/t13-/m1/s1. The van der Waals surface area contributed by atoms with Gasteiger partial charge in [-0.25, -0.2) is 0 Å². The average Bonchev–Trinajstić information content (AvgIpc) is 2.97. The van der Waals surface area contributed by atoms with Crippen molar-refractivity contribution in [1.29, 1.82) is 0 Å². The summed E-state index contributed by atoms with van der Waals surface area (Å²) in [6.07, 6.45) is 3.63. The van der Waals surface area contributed by atoms with Gasteiger partial charge >= 0.3 is 0 Å². The topological polar surface area (TPSA) is 70.6 Å². The molecule has 128 valence electrons. The molecule has 1 atom stereocenters. The van der Waals surface area contributed by atoms with Crippen LogP contribution in [-0.2, 0) is 4.79 Å². The molecule has 1 saturated carbocycles. The highest BCUT2D eigenvalue weighted by Gasteiger charge is 2.42. The van der Waals surface area contributed by atoms with E-state index in [1.165, 1.54) is 0 Å². The maximum atomic E-state index is 12.8. The third-order valence-corrected chi connectivity index (χ3v) is 4.77. The van der Waals surface area contributed by atoms with E-state index in [0.717, 1.165) is 37.1 Å². The molecule has 0 aliphatic heterocycles. The highest BCUT2D eigenvalue weighted by atomic mass is 16.5. The fourth-order valence-electron chi connectivity index (χ4n) is 2.85. The quantitative estimate of drug-likeness (QED) is 0.754. The van der Waals surface area contributed by atoms with E-state index in [-0.39, 0.29) is 11.9 Å². The molecular weight excluding hydrogens is 292 g/mol. The molecule has 0 radical (unpaired) electrons. The molecule has 5 heteroatoms. The van der Waals surface area contributed by atoms with E-state index < -0.39 is 11.1 Å². The lowest BCUT2D eigenvalue weighted by Crippen LogP contribution is -2.57. The van der Waals surface area contributed by atoms with Crippen LogP contribution in [0, 0.1) is 0 Å². The van der Waals surface area contributed by atoms with Crippen LogP contribution in [0.5, 0.6) is 5.75 Å². The van der Waals surface area contributed by atoms with Crippen molar-refractivity contribution in [2.45, 2.75) is 63.6 Å². The molecule has 0 aromatic heterocycles. The Hall–Kier alpha value is -1.75. The van der Waals surface area contributed by atoms with Crippen molar-refractivity contribution in [2.75, 3.05) is 12.4 Å². The molecule has 3 N–H and O–H groups in total. The number of carbonyl (C=O) groups is 1. The van der Waals surface area contributed by atoms with Gasteiger partial charge < -0.3 is 20.5 Å². The molecule has 0 spiro atoms. The normalized spacial score (nSPS) is 18.3. The van der Waals surface area contributed by atoms with Gasteiger partial charge in [-0.15, -0.1) is 0 Å². The van der Waals surface area contributed by atoms with Crippen LogP contribution in [0.4, 0.5) is 5.69 Å². The van der Waals surface area contributed by atoms with E-state index in [1.807, 2.05) is 31.2 Å². The number of aliphatic hydroxyl groups is 1. The summed E-state index contributed by atoms with van der Waals surface area (Å²) in [7, 11) is 1.63. The number of nitrogens with one attached hydrogen (secondary N) is 2. The summed E-state index contributed by atoms with van der Waals surface area (Å²) in [5.41, 5.74) is -0.650. The molecule has 0 bridgehead atoms. The number of carbonyl (C=O) groups excluding carboxylic acids is 1. The SMILES string of the molecule is COc1ccc(NC2(C(=O)N[C@H](C)C(C)(C)O)CCCC2)cc1. The van der Waals surface area contributed by atoms with Gasteiger partial charge in [0.25, 0.3) is 0 Å². The minimum absolute atomic E-state index is 0.0413. The van der Waals surface area contributed by atoms with E-state index in [9.17, 15) is 9.90 Å². The number of hydrogen-bond acceptors (Lipinski definition) is 4. The van der Waals surface area contributed by atoms with Gasteiger partial charge in [-0.05, 0) is 57.9 Å². The van der Waals surface area contributed by atoms with Gasteiger partial charge in [0.15, 0.2) is 0 Å². The lowest BCUT2D eigenvalue weighted by molar-refractivity contribution is -0.127. The van der Waals surface area contributed by atoms with Crippen LogP contribution in [0.3, 0.4) is 0 Å². The zero-order chi connectivity index (χ0) is 17.1. The number of hydrogen-bond donors (Lipinski definition) is 3. The maximum Gasteiger partial charge on any atom is 0.245 e. The zero-order valence-corrected chi connectivity index (χ0v) is 14.5. The van der Waals surface area contributed by atoms with E-state index in [2.05, 4.69) is 10.6 Å². The summed E-state index contributed by atoms with van der Waals surface area (Å²) in [5.74, 6) is 0.747. The molecule has 1 amide bonds. The Morgan fingerprint density at radius 1 is 1.26 bits per heavy atom. The van der Waals surface area contributed by atoms with Gasteiger partial charge in [-0.1, -0.05) is 12.8 Å². The number of amides is 1. The van der Waals surface area contributed by atoms with E-state index >= 15 is 0 Å². The molecular formula is C18H28N2O3. The summed E-state index contributed by atoms with van der Waals surface area (Å²) in [5, 5.41) is 16.4. The van der Waals surface area contributed by atoms with Gasteiger partial charge in [0.1, 0.15) is 11.3 Å². The van der Waals surface area contributed by atoms with Crippen molar-refractivity contribution >= 4 is 11.6 Å². The highest BCUT2D eigenvalue weighted by molar-refractivity contribution is 5.90.